The Morgan fingerprint density at radius 1 is 1.40 bits per heavy atom. The second kappa shape index (κ2) is 2.80. The van der Waals surface area contributed by atoms with Crippen molar-refractivity contribution in [3.63, 3.8) is 0 Å². The third kappa shape index (κ3) is 1.07. The van der Waals surface area contributed by atoms with Gasteiger partial charge in [-0.3, -0.25) is 4.79 Å². The first kappa shape index (κ1) is 8.43. The maximum Gasteiger partial charge on any atom is 0.260 e. The molecule has 0 aliphatic carbocycles. The lowest BCUT2D eigenvalue weighted by Gasteiger charge is -1.91. The van der Waals surface area contributed by atoms with Crippen LogP contribution < -0.4 is 5.56 Å². The molecule has 3 rings (SSSR count). The SMILES string of the molecule is O=c1[nH]cnc2sc3c(O)cccc3c12. The molecule has 0 fully saturated rings. The van der Waals surface area contributed by atoms with Crippen LogP contribution in [-0.4, -0.2) is 15.1 Å². The smallest absolute Gasteiger partial charge is 0.260 e. The molecule has 5 heteroatoms. The second-order valence-corrected chi connectivity index (χ2v) is 4.17. The van der Waals surface area contributed by atoms with Gasteiger partial charge in [0.2, 0.25) is 0 Å². The summed E-state index contributed by atoms with van der Waals surface area (Å²) >= 11 is 1.32. The number of phenols is 1. The summed E-state index contributed by atoms with van der Waals surface area (Å²) < 4.78 is 0.705. The molecule has 4 nitrogen and oxygen atoms in total. The highest BCUT2D eigenvalue weighted by Gasteiger charge is 2.11. The predicted octanol–water partition coefficient (Wildman–Crippen LogP) is 1.84. The van der Waals surface area contributed by atoms with E-state index in [9.17, 15) is 9.90 Å². The number of rotatable bonds is 0. The van der Waals surface area contributed by atoms with E-state index < -0.39 is 0 Å². The molecule has 0 spiro atoms. The molecular formula is C10H6N2O2S. The molecule has 1 aromatic carbocycles. The summed E-state index contributed by atoms with van der Waals surface area (Å²) in [6.45, 7) is 0. The van der Waals surface area contributed by atoms with Crippen LogP contribution in [0, 0.1) is 0 Å². The van der Waals surface area contributed by atoms with E-state index >= 15 is 0 Å². The Morgan fingerprint density at radius 3 is 3.13 bits per heavy atom. The van der Waals surface area contributed by atoms with Crippen molar-refractivity contribution in [1.29, 1.82) is 0 Å². The van der Waals surface area contributed by atoms with Gasteiger partial charge in [-0.05, 0) is 6.07 Å². The van der Waals surface area contributed by atoms with Crippen LogP contribution in [0.15, 0.2) is 29.3 Å². The first-order chi connectivity index (χ1) is 7.27. The molecule has 0 amide bonds. The average molecular weight is 218 g/mol. The molecule has 0 radical (unpaired) electrons. The summed E-state index contributed by atoms with van der Waals surface area (Å²) in [6.07, 6.45) is 1.37. The highest BCUT2D eigenvalue weighted by molar-refractivity contribution is 7.25. The molecule has 0 bridgehead atoms. The number of benzene rings is 1. The first-order valence-corrected chi connectivity index (χ1v) is 5.17. The van der Waals surface area contributed by atoms with Crippen molar-refractivity contribution in [2.24, 2.45) is 0 Å². The van der Waals surface area contributed by atoms with Gasteiger partial charge < -0.3 is 10.1 Å². The Bertz CT molecular complexity index is 714. The fourth-order valence-electron chi connectivity index (χ4n) is 1.62. The van der Waals surface area contributed by atoms with E-state index in [2.05, 4.69) is 9.97 Å². The van der Waals surface area contributed by atoms with Crippen LogP contribution in [0.2, 0.25) is 0 Å². The third-order valence-corrected chi connectivity index (χ3v) is 3.42. The number of hydrogen-bond acceptors (Lipinski definition) is 4. The fourth-order valence-corrected chi connectivity index (χ4v) is 2.68. The average Bonchev–Trinajstić information content (AvgIpc) is 2.59. The molecule has 74 valence electrons. The van der Waals surface area contributed by atoms with E-state index in [1.165, 1.54) is 17.7 Å². The number of hydrogen-bond donors (Lipinski definition) is 2. The van der Waals surface area contributed by atoms with Crippen molar-refractivity contribution < 1.29 is 5.11 Å². The van der Waals surface area contributed by atoms with E-state index in [0.717, 1.165) is 5.39 Å². The Morgan fingerprint density at radius 2 is 2.27 bits per heavy atom. The highest BCUT2D eigenvalue weighted by Crippen LogP contribution is 2.35. The zero-order chi connectivity index (χ0) is 10.4. The van der Waals surface area contributed by atoms with Crippen molar-refractivity contribution in [3.8, 4) is 5.75 Å². The molecule has 2 aromatic heterocycles. The summed E-state index contributed by atoms with van der Waals surface area (Å²) in [7, 11) is 0. The van der Waals surface area contributed by atoms with Gasteiger partial charge in [0.25, 0.3) is 5.56 Å². The molecule has 0 atom stereocenters. The van der Waals surface area contributed by atoms with E-state index in [4.69, 9.17) is 0 Å². The van der Waals surface area contributed by atoms with Gasteiger partial charge in [-0.2, -0.15) is 0 Å². The number of aromatic nitrogens is 2. The molecule has 3 aromatic rings. The normalized spacial score (nSPS) is 11.2. The Kier molecular flexibility index (Phi) is 1.58. The van der Waals surface area contributed by atoms with Crippen LogP contribution in [0.4, 0.5) is 0 Å². The van der Waals surface area contributed by atoms with Crippen LogP contribution in [0.1, 0.15) is 0 Å². The largest absolute Gasteiger partial charge is 0.506 e. The molecule has 2 heterocycles. The lowest BCUT2D eigenvalue weighted by Crippen LogP contribution is -2.04. The van der Waals surface area contributed by atoms with Crippen molar-refractivity contribution in [3.05, 3.63) is 34.9 Å². The lowest BCUT2D eigenvalue weighted by atomic mass is 10.2. The number of nitrogens with zero attached hydrogens (tertiary/aromatic N) is 1. The molecule has 2 N–H and O–H groups in total. The predicted molar refractivity (Wildman–Crippen MR) is 59.4 cm³/mol. The molecule has 0 unspecified atom stereocenters. The standard InChI is InChI=1S/C10H6N2O2S/c13-6-3-1-2-5-7-9(14)11-4-12-10(7)15-8(5)6/h1-4,13H,(H,11,12,14). The van der Waals surface area contributed by atoms with Gasteiger partial charge in [0.1, 0.15) is 10.6 Å². The molecular weight excluding hydrogens is 212 g/mol. The van der Waals surface area contributed by atoms with Gasteiger partial charge in [-0.25, -0.2) is 4.98 Å². The maximum atomic E-state index is 11.6. The van der Waals surface area contributed by atoms with Crippen molar-refractivity contribution in [2.45, 2.75) is 0 Å². The monoisotopic (exact) mass is 218 g/mol. The summed E-state index contributed by atoms with van der Waals surface area (Å²) in [5.74, 6) is 0.190. The van der Waals surface area contributed by atoms with Crippen LogP contribution in [0.3, 0.4) is 0 Å². The summed E-state index contributed by atoms with van der Waals surface area (Å²) in [6, 6.07) is 5.13. The van der Waals surface area contributed by atoms with Crippen LogP contribution in [0.5, 0.6) is 5.75 Å². The number of fused-ring (bicyclic) bond motifs is 3. The minimum Gasteiger partial charge on any atom is -0.506 e. The van der Waals surface area contributed by atoms with E-state index in [-0.39, 0.29) is 11.3 Å². The first-order valence-electron chi connectivity index (χ1n) is 4.35. The quantitative estimate of drug-likeness (QED) is 0.605. The zero-order valence-electron chi connectivity index (χ0n) is 7.52. The Labute approximate surface area is 87.8 Å². The number of thiophene rings is 1. The van der Waals surface area contributed by atoms with E-state index in [1.54, 1.807) is 12.1 Å². The van der Waals surface area contributed by atoms with Crippen LogP contribution >= 0.6 is 11.3 Å². The number of nitrogens with one attached hydrogen (secondary N) is 1. The summed E-state index contributed by atoms with van der Waals surface area (Å²) in [5, 5.41) is 10.9. The van der Waals surface area contributed by atoms with E-state index in [0.29, 0.717) is 14.9 Å². The van der Waals surface area contributed by atoms with Crippen LogP contribution in [-0.2, 0) is 0 Å². The minimum absolute atomic E-state index is 0.170. The number of H-pyrrole nitrogens is 1. The third-order valence-electron chi connectivity index (χ3n) is 2.28. The minimum atomic E-state index is -0.170. The summed E-state index contributed by atoms with van der Waals surface area (Å²) in [4.78, 5) is 18.8. The topological polar surface area (TPSA) is 66.0 Å². The van der Waals surface area contributed by atoms with Gasteiger partial charge in [0.05, 0.1) is 16.4 Å². The second-order valence-electron chi connectivity index (χ2n) is 3.17. The van der Waals surface area contributed by atoms with Crippen molar-refractivity contribution in [1.82, 2.24) is 9.97 Å². The number of aromatic hydroxyl groups is 1. The molecule has 15 heavy (non-hydrogen) atoms. The molecule has 0 saturated carbocycles. The molecule has 0 aliphatic rings. The van der Waals surface area contributed by atoms with Gasteiger partial charge in [-0.15, -0.1) is 11.3 Å². The van der Waals surface area contributed by atoms with Gasteiger partial charge >= 0.3 is 0 Å². The van der Waals surface area contributed by atoms with Crippen LogP contribution in [0.25, 0.3) is 20.3 Å². The summed E-state index contributed by atoms with van der Waals surface area (Å²) in [5.41, 5.74) is -0.170. The number of aromatic amines is 1. The fraction of sp³-hybridized carbons (Fsp3) is 0. The van der Waals surface area contributed by atoms with Crippen molar-refractivity contribution in [2.75, 3.05) is 0 Å². The maximum absolute atomic E-state index is 11.6. The van der Waals surface area contributed by atoms with Gasteiger partial charge in [-0.1, -0.05) is 12.1 Å². The van der Waals surface area contributed by atoms with Gasteiger partial charge in [0.15, 0.2) is 0 Å². The Balaban J connectivity index is 2.71. The van der Waals surface area contributed by atoms with Gasteiger partial charge in [0, 0.05) is 5.39 Å². The molecule has 0 saturated heterocycles. The van der Waals surface area contributed by atoms with E-state index in [1.807, 2.05) is 6.07 Å². The highest BCUT2D eigenvalue weighted by atomic mass is 32.1. The molecule has 0 aliphatic heterocycles. The Hall–Kier alpha value is -1.88. The lowest BCUT2D eigenvalue weighted by molar-refractivity contribution is 0.482. The number of phenolic OH excluding ortho intramolecular Hbond substituents is 1. The van der Waals surface area contributed by atoms with Crippen molar-refractivity contribution >= 4 is 31.6 Å². The zero-order valence-corrected chi connectivity index (χ0v) is 8.34.